The Hall–Kier alpha value is -2.28. The maximum atomic E-state index is 12.0. The molecular weight excluding hydrogens is 389 g/mol. The molecule has 0 aliphatic heterocycles. The zero-order chi connectivity index (χ0) is 17.8. The summed E-state index contributed by atoms with van der Waals surface area (Å²) in [6.07, 6.45) is -0.116. The Bertz CT molecular complexity index is 900. The number of amides is 1. The first-order valence-corrected chi connectivity index (χ1v) is 8.12. The summed E-state index contributed by atoms with van der Waals surface area (Å²) in [5, 5.41) is 11.0. The van der Waals surface area contributed by atoms with Crippen molar-refractivity contribution in [1.29, 1.82) is 0 Å². The standard InChI is InChI=1S/C16H10Cl3N3O3/c17-10-6-12(19)13(7-11(10)18)20-14(23)8-24-16-22-21-15(25-16)9-4-2-1-3-5-9/h1-7H,8H2,(H,20,23). The van der Waals surface area contributed by atoms with Crippen LogP contribution in [0.3, 0.4) is 0 Å². The molecule has 0 radical (unpaired) electrons. The Labute approximate surface area is 157 Å². The van der Waals surface area contributed by atoms with Crippen LogP contribution in [-0.2, 0) is 4.79 Å². The van der Waals surface area contributed by atoms with Gasteiger partial charge in [0.15, 0.2) is 6.61 Å². The van der Waals surface area contributed by atoms with Crippen molar-refractivity contribution in [3.05, 3.63) is 57.5 Å². The monoisotopic (exact) mass is 397 g/mol. The van der Waals surface area contributed by atoms with Crippen molar-refractivity contribution < 1.29 is 13.9 Å². The molecule has 1 N–H and O–H groups in total. The predicted molar refractivity (Wildman–Crippen MR) is 95.3 cm³/mol. The fourth-order valence-electron chi connectivity index (χ4n) is 1.90. The number of rotatable bonds is 5. The Balaban J connectivity index is 1.60. The number of carbonyl (C=O) groups is 1. The molecule has 9 heteroatoms. The van der Waals surface area contributed by atoms with Gasteiger partial charge in [0.2, 0.25) is 0 Å². The Morgan fingerprint density at radius 2 is 1.76 bits per heavy atom. The minimum absolute atomic E-state index is 0.116. The quantitative estimate of drug-likeness (QED) is 0.630. The molecule has 0 saturated carbocycles. The number of hydrogen-bond donors (Lipinski definition) is 1. The molecule has 0 aliphatic rings. The van der Waals surface area contributed by atoms with Crippen molar-refractivity contribution in [2.75, 3.05) is 11.9 Å². The largest absolute Gasteiger partial charge is 0.439 e. The molecule has 0 saturated heterocycles. The molecule has 0 atom stereocenters. The van der Waals surface area contributed by atoms with Crippen LogP contribution < -0.4 is 10.1 Å². The van der Waals surface area contributed by atoms with E-state index in [1.54, 1.807) is 0 Å². The second kappa shape index (κ2) is 7.74. The first-order valence-electron chi connectivity index (χ1n) is 6.99. The second-order valence-corrected chi connectivity index (χ2v) is 6.04. The van der Waals surface area contributed by atoms with E-state index in [1.807, 2.05) is 30.3 Å². The molecule has 0 spiro atoms. The van der Waals surface area contributed by atoms with E-state index in [2.05, 4.69) is 15.5 Å². The van der Waals surface area contributed by atoms with Crippen molar-refractivity contribution in [1.82, 2.24) is 10.2 Å². The first kappa shape index (κ1) is 17.5. The number of carbonyl (C=O) groups excluding carboxylic acids is 1. The molecule has 0 fully saturated rings. The molecule has 0 aliphatic carbocycles. The minimum Gasteiger partial charge on any atom is -0.439 e. The number of halogens is 3. The van der Waals surface area contributed by atoms with Crippen LogP contribution in [0.15, 0.2) is 46.9 Å². The van der Waals surface area contributed by atoms with Gasteiger partial charge in [-0.2, -0.15) is 0 Å². The minimum atomic E-state index is -0.472. The third kappa shape index (κ3) is 4.42. The summed E-state index contributed by atoms with van der Waals surface area (Å²) in [6.45, 7) is -0.340. The van der Waals surface area contributed by atoms with Crippen LogP contribution in [-0.4, -0.2) is 22.7 Å². The molecule has 6 nitrogen and oxygen atoms in total. The highest BCUT2D eigenvalue weighted by Crippen LogP contribution is 2.32. The van der Waals surface area contributed by atoms with Gasteiger partial charge in [0, 0.05) is 5.56 Å². The number of anilines is 1. The summed E-state index contributed by atoms with van der Waals surface area (Å²) in [5.74, 6) is -0.178. The Morgan fingerprint density at radius 1 is 1.04 bits per heavy atom. The van der Waals surface area contributed by atoms with Crippen molar-refractivity contribution in [2.24, 2.45) is 0 Å². The van der Waals surface area contributed by atoms with E-state index < -0.39 is 5.91 Å². The van der Waals surface area contributed by atoms with Crippen LogP contribution in [0.2, 0.25) is 15.1 Å². The van der Waals surface area contributed by atoms with Gasteiger partial charge >= 0.3 is 6.08 Å². The summed E-state index contributed by atoms with van der Waals surface area (Å²) in [5.41, 5.74) is 1.07. The van der Waals surface area contributed by atoms with E-state index >= 15 is 0 Å². The normalized spacial score (nSPS) is 10.5. The molecule has 0 unspecified atom stereocenters. The number of benzene rings is 2. The van der Waals surface area contributed by atoms with Crippen molar-refractivity contribution >= 4 is 46.4 Å². The molecule has 0 bridgehead atoms. The van der Waals surface area contributed by atoms with E-state index in [4.69, 9.17) is 44.0 Å². The van der Waals surface area contributed by atoms with Crippen molar-refractivity contribution in [3.8, 4) is 17.5 Å². The topological polar surface area (TPSA) is 77.2 Å². The number of aromatic nitrogens is 2. The molecule has 3 rings (SSSR count). The Kier molecular flexibility index (Phi) is 5.43. The van der Waals surface area contributed by atoms with E-state index in [9.17, 15) is 4.79 Å². The van der Waals surface area contributed by atoms with Gasteiger partial charge in [0.05, 0.1) is 20.8 Å². The lowest BCUT2D eigenvalue weighted by molar-refractivity contribution is -0.118. The summed E-state index contributed by atoms with van der Waals surface area (Å²) >= 11 is 17.7. The highest BCUT2D eigenvalue weighted by atomic mass is 35.5. The van der Waals surface area contributed by atoms with Gasteiger partial charge in [-0.25, -0.2) is 0 Å². The van der Waals surface area contributed by atoms with Crippen LogP contribution in [0.1, 0.15) is 0 Å². The highest BCUT2D eigenvalue weighted by molar-refractivity contribution is 6.44. The predicted octanol–water partition coefficient (Wildman–Crippen LogP) is 4.71. The highest BCUT2D eigenvalue weighted by Gasteiger charge is 2.13. The summed E-state index contributed by atoms with van der Waals surface area (Å²) in [7, 11) is 0. The van der Waals surface area contributed by atoms with Gasteiger partial charge in [-0.05, 0) is 24.3 Å². The lowest BCUT2D eigenvalue weighted by Gasteiger charge is -2.08. The third-order valence-corrected chi connectivity index (χ3v) is 4.07. The molecule has 1 amide bonds. The van der Waals surface area contributed by atoms with E-state index in [1.165, 1.54) is 12.1 Å². The van der Waals surface area contributed by atoms with E-state index in [0.29, 0.717) is 16.6 Å². The maximum Gasteiger partial charge on any atom is 0.415 e. The zero-order valence-corrected chi connectivity index (χ0v) is 14.8. The van der Waals surface area contributed by atoms with E-state index in [0.717, 1.165) is 5.56 Å². The molecule has 2 aromatic carbocycles. The summed E-state index contributed by atoms with van der Waals surface area (Å²) < 4.78 is 10.5. The first-order chi connectivity index (χ1) is 12.0. The zero-order valence-electron chi connectivity index (χ0n) is 12.5. The van der Waals surface area contributed by atoms with Crippen LogP contribution in [0.5, 0.6) is 6.08 Å². The van der Waals surface area contributed by atoms with Gasteiger partial charge in [-0.3, -0.25) is 4.79 Å². The molecule has 3 aromatic rings. The van der Waals surface area contributed by atoms with Crippen LogP contribution in [0.25, 0.3) is 11.5 Å². The van der Waals surface area contributed by atoms with Crippen molar-refractivity contribution in [3.63, 3.8) is 0 Å². The van der Waals surface area contributed by atoms with Gasteiger partial charge < -0.3 is 14.5 Å². The number of ether oxygens (including phenoxy) is 1. The van der Waals surface area contributed by atoms with Crippen molar-refractivity contribution in [2.45, 2.75) is 0 Å². The lowest BCUT2D eigenvalue weighted by Crippen LogP contribution is -2.20. The fraction of sp³-hybridized carbons (Fsp3) is 0.0625. The molecule has 128 valence electrons. The molecule has 1 heterocycles. The number of nitrogens with one attached hydrogen (secondary N) is 1. The second-order valence-electron chi connectivity index (χ2n) is 4.82. The van der Waals surface area contributed by atoms with Crippen LogP contribution >= 0.6 is 34.8 Å². The van der Waals surface area contributed by atoms with Crippen LogP contribution in [0, 0.1) is 0 Å². The van der Waals surface area contributed by atoms with Gasteiger partial charge in [0.1, 0.15) is 0 Å². The van der Waals surface area contributed by atoms with Gasteiger partial charge in [-0.1, -0.05) is 58.1 Å². The average molecular weight is 399 g/mol. The molecule has 1 aromatic heterocycles. The third-order valence-electron chi connectivity index (χ3n) is 3.04. The summed E-state index contributed by atoms with van der Waals surface area (Å²) in [6, 6.07) is 12.1. The number of hydrogen-bond acceptors (Lipinski definition) is 5. The summed E-state index contributed by atoms with van der Waals surface area (Å²) in [4.78, 5) is 12.0. The lowest BCUT2D eigenvalue weighted by atomic mass is 10.2. The number of nitrogens with zero attached hydrogens (tertiary/aromatic N) is 2. The maximum absolute atomic E-state index is 12.0. The van der Waals surface area contributed by atoms with Gasteiger partial charge in [-0.15, -0.1) is 5.10 Å². The smallest absolute Gasteiger partial charge is 0.415 e. The van der Waals surface area contributed by atoms with E-state index in [-0.39, 0.29) is 22.7 Å². The molecule has 25 heavy (non-hydrogen) atoms. The SMILES string of the molecule is O=C(COc1nnc(-c2ccccc2)o1)Nc1cc(Cl)c(Cl)cc1Cl. The Morgan fingerprint density at radius 3 is 2.52 bits per heavy atom. The van der Waals surface area contributed by atoms with Gasteiger partial charge in [0.25, 0.3) is 11.8 Å². The van der Waals surface area contributed by atoms with Crippen LogP contribution in [0.4, 0.5) is 5.69 Å². The molecular formula is C16H10Cl3N3O3. The average Bonchev–Trinajstić information content (AvgIpc) is 3.08. The fourth-order valence-corrected chi connectivity index (χ4v) is 2.49.